The summed E-state index contributed by atoms with van der Waals surface area (Å²) < 4.78 is 12.2. The summed E-state index contributed by atoms with van der Waals surface area (Å²) in [5, 5.41) is 13.7. The van der Waals surface area contributed by atoms with Crippen LogP contribution in [0.3, 0.4) is 0 Å². The van der Waals surface area contributed by atoms with Crippen molar-refractivity contribution in [2.24, 2.45) is 0 Å². The molecular weight excluding hydrogens is 436 g/mol. The summed E-state index contributed by atoms with van der Waals surface area (Å²) in [5.74, 6) is 1.25. The van der Waals surface area contributed by atoms with E-state index in [2.05, 4.69) is 25.1 Å². The van der Waals surface area contributed by atoms with Crippen LogP contribution in [0.1, 0.15) is 17.6 Å². The molecule has 1 aliphatic heterocycles. The third-order valence-electron chi connectivity index (χ3n) is 5.87. The molecule has 1 aliphatic rings. The van der Waals surface area contributed by atoms with Crippen LogP contribution >= 0.6 is 11.3 Å². The molecule has 0 bridgehead atoms. The first kappa shape index (κ1) is 22.0. The van der Waals surface area contributed by atoms with Crippen molar-refractivity contribution in [2.45, 2.75) is 32.7 Å². The monoisotopic (exact) mass is 464 g/mol. The second-order valence-corrected chi connectivity index (χ2v) is 9.50. The van der Waals surface area contributed by atoms with Crippen LogP contribution < -0.4 is 4.74 Å². The molecule has 2 aromatic heterocycles. The molecule has 0 radical (unpaired) electrons. The van der Waals surface area contributed by atoms with E-state index in [9.17, 15) is 5.11 Å². The smallest absolute Gasteiger partial charge is 0.227 e. The summed E-state index contributed by atoms with van der Waals surface area (Å²) in [6.07, 6.45) is -1.06. The molecule has 8 heteroatoms. The minimum atomic E-state index is -0.634. The molecule has 7 nitrogen and oxygen atoms in total. The zero-order chi connectivity index (χ0) is 22.8. The highest BCUT2D eigenvalue weighted by Crippen LogP contribution is 2.28. The maximum atomic E-state index is 10.5. The van der Waals surface area contributed by atoms with Crippen molar-refractivity contribution in [3.8, 4) is 17.2 Å². The van der Waals surface area contributed by atoms with Crippen LogP contribution in [-0.4, -0.2) is 63.4 Å². The summed E-state index contributed by atoms with van der Waals surface area (Å²) in [5.41, 5.74) is 3.51. The van der Waals surface area contributed by atoms with Gasteiger partial charge in [0.1, 0.15) is 17.4 Å². The van der Waals surface area contributed by atoms with Gasteiger partial charge in [0.2, 0.25) is 5.89 Å². The van der Waals surface area contributed by atoms with E-state index in [-0.39, 0.29) is 0 Å². The Balaban J connectivity index is 1.25. The predicted molar refractivity (Wildman–Crippen MR) is 129 cm³/mol. The third kappa shape index (κ3) is 5.09. The number of thiazole rings is 1. The minimum absolute atomic E-state index is 0.424. The molecule has 0 spiro atoms. The SMILES string of the molecule is Cc1nc(CN2CCN(C(Oc3ccc4oc(-c5ccccc5)nc4c3)C(C)O)CC2)cs1. The Kier molecular flexibility index (Phi) is 6.41. The zero-order valence-electron chi connectivity index (χ0n) is 18.8. The molecule has 33 heavy (non-hydrogen) atoms. The van der Waals surface area contributed by atoms with Crippen molar-refractivity contribution in [1.29, 1.82) is 0 Å². The normalized spacial score (nSPS) is 17.3. The Morgan fingerprint density at radius 2 is 1.88 bits per heavy atom. The van der Waals surface area contributed by atoms with E-state index < -0.39 is 12.3 Å². The van der Waals surface area contributed by atoms with Gasteiger partial charge in [0, 0.05) is 49.7 Å². The summed E-state index contributed by atoms with van der Waals surface area (Å²) in [7, 11) is 0. The van der Waals surface area contributed by atoms with E-state index >= 15 is 0 Å². The maximum absolute atomic E-state index is 10.5. The van der Waals surface area contributed by atoms with Crippen molar-refractivity contribution in [2.75, 3.05) is 26.2 Å². The van der Waals surface area contributed by atoms with Gasteiger partial charge in [-0.15, -0.1) is 11.3 Å². The van der Waals surface area contributed by atoms with Crippen LogP contribution in [0.25, 0.3) is 22.6 Å². The highest BCUT2D eigenvalue weighted by molar-refractivity contribution is 7.09. The number of fused-ring (bicyclic) bond motifs is 1. The van der Waals surface area contributed by atoms with Gasteiger partial charge >= 0.3 is 0 Å². The molecule has 2 unspecified atom stereocenters. The first-order valence-corrected chi connectivity index (χ1v) is 12.1. The fourth-order valence-corrected chi connectivity index (χ4v) is 4.79. The molecule has 172 valence electrons. The molecular formula is C25H28N4O3S. The molecule has 3 heterocycles. The molecule has 1 N–H and O–H groups in total. The summed E-state index contributed by atoms with van der Waals surface area (Å²) in [4.78, 5) is 13.8. The molecule has 0 aliphatic carbocycles. The lowest BCUT2D eigenvalue weighted by Crippen LogP contribution is -2.55. The Bertz CT molecular complexity index is 1200. The van der Waals surface area contributed by atoms with Crippen molar-refractivity contribution in [3.63, 3.8) is 0 Å². The average molecular weight is 465 g/mol. The second kappa shape index (κ2) is 9.61. The summed E-state index contributed by atoms with van der Waals surface area (Å²) in [6.45, 7) is 8.14. The number of aliphatic hydroxyl groups is 1. The third-order valence-corrected chi connectivity index (χ3v) is 6.69. The van der Waals surface area contributed by atoms with E-state index in [0.717, 1.165) is 54.5 Å². The number of hydrogen-bond donors (Lipinski definition) is 1. The lowest BCUT2D eigenvalue weighted by Gasteiger charge is -2.39. The number of benzene rings is 2. The van der Waals surface area contributed by atoms with E-state index in [1.165, 1.54) is 0 Å². The van der Waals surface area contributed by atoms with Gasteiger partial charge in [0.15, 0.2) is 11.8 Å². The fourth-order valence-electron chi connectivity index (χ4n) is 4.19. The number of aryl methyl sites for hydroxylation is 1. The van der Waals surface area contributed by atoms with Crippen LogP contribution in [0, 0.1) is 6.92 Å². The van der Waals surface area contributed by atoms with E-state index in [1.807, 2.05) is 55.5 Å². The van der Waals surface area contributed by atoms with Crippen LogP contribution in [0.2, 0.25) is 0 Å². The molecule has 0 amide bonds. The topological polar surface area (TPSA) is 74.9 Å². The number of aliphatic hydroxyl groups excluding tert-OH is 1. The molecule has 4 aromatic rings. The number of ether oxygens (including phenoxy) is 1. The minimum Gasteiger partial charge on any atom is -0.472 e. The van der Waals surface area contributed by atoms with Crippen LogP contribution in [-0.2, 0) is 6.54 Å². The number of nitrogens with zero attached hydrogens (tertiary/aromatic N) is 4. The Hall–Kier alpha value is -2.78. The highest BCUT2D eigenvalue weighted by Gasteiger charge is 2.29. The molecule has 1 fully saturated rings. The van der Waals surface area contributed by atoms with Gasteiger partial charge < -0.3 is 14.3 Å². The summed E-state index contributed by atoms with van der Waals surface area (Å²) >= 11 is 1.69. The first-order chi connectivity index (χ1) is 16.0. The number of aromatic nitrogens is 2. The molecule has 2 aromatic carbocycles. The molecule has 1 saturated heterocycles. The maximum Gasteiger partial charge on any atom is 0.227 e. The quantitative estimate of drug-likeness (QED) is 0.440. The standard InChI is InChI=1S/C25H28N4O3S/c1-17(30)25(29-12-10-28(11-13-29)15-20-16-33-18(2)26-20)31-21-8-9-23-22(14-21)27-24(32-23)19-6-4-3-5-7-19/h3-9,14,16-17,25,30H,10-13,15H2,1-2H3. The van der Waals surface area contributed by atoms with E-state index in [4.69, 9.17) is 9.15 Å². The van der Waals surface area contributed by atoms with Crippen LogP contribution in [0.15, 0.2) is 58.3 Å². The largest absolute Gasteiger partial charge is 0.472 e. The summed E-state index contributed by atoms with van der Waals surface area (Å²) in [6, 6.07) is 15.5. The molecule has 0 saturated carbocycles. The Morgan fingerprint density at radius 3 is 2.58 bits per heavy atom. The first-order valence-electron chi connectivity index (χ1n) is 11.2. The van der Waals surface area contributed by atoms with Crippen LogP contribution in [0.5, 0.6) is 5.75 Å². The highest BCUT2D eigenvalue weighted by atomic mass is 32.1. The van der Waals surface area contributed by atoms with Crippen molar-refractivity contribution in [1.82, 2.24) is 19.8 Å². The predicted octanol–water partition coefficient (Wildman–Crippen LogP) is 4.16. The number of hydrogen-bond acceptors (Lipinski definition) is 8. The van der Waals surface area contributed by atoms with Gasteiger partial charge in [-0.1, -0.05) is 18.2 Å². The number of rotatable bonds is 7. The molecule has 2 atom stereocenters. The molecule has 5 rings (SSSR count). The second-order valence-electron chi connectivity index (χ2n) is 8.43. The number of piperazine rings is 1. The van der Waals surface area contributed by atoms with E-state index in [1.54, 1.807) is 18.3 Å². The van der Waals surface area contributed by atoms with Gasteiger partial charge in [0.25, 0.3) is 0 Å². The van der Waals surface area contributed by atoms with Crippen molar-refractivity contribution in [3.05, 3.63) is 64.6 Å². The van der Waals surface area contributed by atoms with Crippen LogP contribution in [0.4, 0.5) is 0 Å². The lowest BCUT2D eigenvalue weighted by atomic mass is 10.2. The average Bonchev–Trinajstić information content (AvgIpc) is 3.44. The Morgan fingerprint density at radius 1 is 1.09 bits per heavy atom. The fraction of sp³-hybridized carbons (Fsp3) is 0.360. The van der Waals surface area contributed by atoms with E-state index in [0.29, 0.717) is 17.2 Å². The number of oxazole rings is 1. The van der Waals surface area contributed by atoms with Gasteiger partial charge in [-0.05, 0) is 38.1 Å². The van der Waals surface area contributed by atoms with Gasteiger partial charge in [-0.25, -0.2) is 9.97 Å². The van der Waals surface area contributed by atoms with Gasteiger partial charge in [0.05, 0.1) is 10.7 Å². The van der Waals surface area contributed by atoms with Crippen molar-refractivity contribution >= 4 is 22.4 Å². The Labute approximate surface area is 197 Å². The van der Waals surface area contributed by atoms with Gasteiger partial charge in [-0.2, -0.15) is 0 Å². The lowest BCUT2D eigenvalue weighted by molar-refractivity contribution is -0.0752. The van der Waals surface area contributed by atoms with Gasteiger partial charge in [-0.3, -0.25) is 9.80 Å². The zero-order valence-corrected chi connectivity index (χ0v) is 19.7. The van der Waals surface area contributed by atoms with Crippen molar-refractivity contribution < 1.29 is 14.3 Å².